The molecular weight excluding hydrogens is 405 g/mol. The number of nitrogens with zero attached hydrogens (tertiary/aromatic N) is 2. The molecule has 0 radical (unpaired) electrons. The van der Waals surface area contributed by atoms with E-state index >= 15 is 0 Å². The van der Waals surface area contributed by atoms with Crippen LogP contribution in [0.15, 0.2) is 6.20 Å². The number of carbonyl (C=O) groups excluding carboxylic acids is 1. The van der Waals surface area contributed by atoms with Crippen LogP contribution in [0.3, 0.4) is 0 Å². The fourth-order valence-electron chi connectivity index (χ4n) is 2.56. The third-order valence-corrected chi connectivity index (χ3v) is 4.59. The van der Waals surface area contributed by atoms with Gasteiger partial charge in [0.05, 0.1) is 15.5 Å². The second-order valence-corrected chi connectivity index (χ2v) is 8.38. The highest BCUT2D eigenvalue weighted by Gasteiger charge is 2.29. The summed E-state index contributed by atoms with van der Waals surface area (Å²) in [5.41, 5.74) is 1.02. The number of alkyl carbamates (subject to hydrolysis) is 1. The lowest BCUT2D eigenvalue weighted by Crippen LogP contribution is -2.32. The normalized spacial score (nSPS) is 14.8. The van der Waals surface area contributed by atoms with Crippen LogP contribution in [0.1, 0.15) is 70.9 Å². The molecule has 0 spiro atoms. The van der Waals surface area contributed by atoms with Crippen molar-refractivity contribution < 1.29 is 9.53 Å². The summed E-state index contributed by atoms with van der Waals surface area (Å²) in [6.45, 7) is 7.31. The van der Waals surface area contributed by atoms with Gasteiger partial charge in [-0.25, -0.2) is 4.79 Å². The van der Waals surface area contributed by atoms with E-state index in [1.165, 1.54) is 22.1 Å². The Morgan fingerprint density at radius 3 is 2.70 bits per heavy atom. The molecule has 2 rings (SSSR count). The molecule has 130 valence electrons. The van der Waals surface area contributed by atoms with Crippen LogP contribution >= 0.6 is 22.6 Å². The molecule has 23 heavy (non-hydrogen) atoms. The van der Waals surface area contributed by atoms with Gasteiger partial charge >= 0.3 is 6.09 Å². The number of hydrogen-bond donors (Lipinski definition) is 1. The lowest BCUT2D eigenvalue weighted by molar-refractivity contribution is 0.0527. The SMILES string of the molecule is CC(C)(C)OC(=O)NCCCCCCn1ncc(I)c1C1CC1. The quantitative estimate of drug-likeness (QED) is 0.487. The largest absolute Gasteiger partial charge is 0.444 e. The van der Waals surface area contributed by atoms with Crippen molar-refractivity contribution in [2.45, 2.75) is 77.4 Å². The number of unbranched alkanes of at least 4 members (excludes halogenated alkanes) is 3. The second-order valence-electron chi connectivity index (χ2n) is 7.22. The van der Waals surface area contributed by atoms with Crippen molar-refractivity contribution >= 4 is 28.7 Å². The van der Waals surface area contributed by atoms with Crippen LogP contribution in [0.5, 0.6) is 0 Å². The van der Waals surface area contributed by atoms with E-state index in [9.17, 15) is 4.79 Å². The summed E-state index contributed by atoms with van der Waals surface area (Å²) >= 11 is 2.40. The van der Waals surface area contributed by atoms with Crippen molar-refractivity contribution in [3.63, 3.8) is 0 Å². The maximum atomic E-state index is 11.5. The highest BCUT2D eigenvalue weighted by molar-refractivity contribution is 14.1. The fourth-order valence-corrected chi connectivity index (χ4v) is 3.40. The monoisotopic (exact) mass is 433 g/mol. The Morgan fingerprint density at radius 2 is 2.04 bits per heavy atom. The highest BCUT2D eigenvalue weighted by atomic mass is 127. The summed E-state index contributed by atoms with van der Waals surface area (Å²) < 4.78 is 8.71. The molecule has 0 bridgehead atoms. The van der Waals surface area contributed by atoms with Crippen molar-refractivity contribution in [1.82, 2.24) is 15.1 Å². The molecule has 0 aromatic carbocycles. The number of halogens is 1. The summed E-state index contributed by atoms with van der Waals surface area (Å²) in [7, 11) is 0. The smallest absolute Gasteiger partial charge is 0.407 e. The van der Waals surface area contributed by atoms with E-state index in [2.05, 4.69) is 37.7 Å². The first kappa shape index (κ1) is 18.5. The average molecular weight is 433 g/mol. The van der Waals surface area contributed by atoms with Crippen molar-refractivity contribution in [2.24, 2.45) is 0 Å². The predicted molar refractivity (Wildman–Crippen MR) is 99.6 cm³/mol. The molecule has 0 aliphatic heterocycles. The van der Waals surface area contributed by atoms with Gasteiger partial charge in [-0.2, -0.15) is 5.10 Å². The average Bonchev–Trinajstić information content (AvgIpc) is 3.20. The van der Waals surface area contributed by atoms with Crippen LogP contribution in [-0.4, -0.2) is 28.0 Å². The molecule has 6 heteroatoms. The van der Waals surface area contributed by atoms with E-state index < -0.39 is 5.60 Å². The Kier molecular flexibility index (Phi) is 6.73. The fraction of sp³-hybridized carbons (Fsp3) is 0.765. The summed E-state index contributed by atoms with van der Waals surface area (Å²) in [6, 6.07) is 0. The number of ether oxygens (including phenoxy) is 1. The topological polar surface area (TPSA) is 56.1 Å². The molecule has 1 aliphatic rings. The number of aryl methyl sites for hydroxylation is 1. The van der Waals surface area contributed by atoms with E-state index in [1.807, 2.05) is 27.0 Å². The zero-order chi connectivity index (χ0) is 16.9. The Hall–Kier alpha value is -0.790. The Bertz CT molecular complexity index is 518. The minimum atomic E-state index is -0.426. The molecule has 5 nitrogen and oxygen atoms in total. The van der Waals surface area contributed by atoms with Crippen molar-refractivity contribution in [1.29, 1.82) is 0 Å². The minimum Gasteiger partial charge on any atom is -0.444 e. The zero-order valence-electron chi connectivity index (χ0n) is 14.4. The number of carbonyl (C=O) groups is 1. The number of amides is 1. The van der Waals surface area contributed by atoms with E-state index in [4.69, 9.17) is 4.74 Å². The van der Waals surface area contributed by atoms with E-state index in [0.717, 1.165) is 38.1 Å². The summed E-state index contributed by atoms with van der Waals surface area (Å²) in [4.78, 5) is 11.5. The van der Waals surface area contributed by atoms with Crippen LogP contribution in [0.4, 0.5) is 4.79 Å². The van der Waals surface area contributed by atoms with Crippen LogP contribution in [0.2, 0.25) is 0 Å². The van der Waals surface area contributed by atoms with Gasteiger partial charge in [-0.1, -0.05) is 12.8 Å². The standard InChI is InChI=1S/C17H28IN3O2/c1-17(2,3)23-16(22)19-10-6-4-5-7-11-21-15(13-8-9-13)14(18)12-20-21/h12-13H,4-11H2,1-3H3,(H,19,22). The summed E-state index contributed by atoms with van der Waals surface area (Å²) in [5, 5.41) is 7.31. The number of hydrogen-bond acceptors (Lipinski definition) is 3. The Morgan fingerprint density at radius 1 is 1.35 bits per heavy atom. The van der Waals surface area contributed by atoms with Gasteiger partial charge in [-0.3, -0.25) is 4.68 Å². The third kappa shape index (κ3) is 6.69. The molecule has 1 amide bonds. The molecule has 0 saturated heterocycles. The number of aromatic nitrogens is 2. The first-order valence-electron chi connectivity index (χ1n) is 8.55. The lowest BCUT2D eigenvalue weighted by atomic mass is 10.2. The minimum absolute atomic E-state index is 0.322. The van der Waals surface area contributed by atoms with Gasteiger partial charge in [0, 0.05) is 19.0 Å². The van der Waals surface area contributed by atoms with Gasteiger partial charge in [0.2, 0.25) is 0 Å². The number of nitrogens with one attached hydrogen (secondary N) is 1. The molecule has 0 unspecified atom stereocenters. The number of rotatable bonds is 8. The maximum absolute atomic E-state index is 11.5. The Balaban J connectivity index is 1.54. The van der Waals surface area contributed by atoms with E-state index in [0.29, 0.717) is 6.54 Å². The predicted octanol–water partition coefficient (Wildman–Crippen LogP) is 4.45. The molecule has 1 aromatic rings. The molecule has 1 fully saturated rings. The van der Waals surface area contributed by atoms with Gasteiger partial charge in [-0.15, -0.1) is 0 Å². The highest BCUT2D eigenvalue weighted by Crippen LogP contribution is 2.41. The molecule has 1 aromatic heterocycles. The van der Waals surface area contributed by atoms with Crippen molar-refractivity contribution in [2.75, 3.05) is 6.54 Å². The molecule has 1 heterocycles. The zero-order valence-corrected chi connectivity index (χ0v) is 16.6. The molecule has 1 aliphatic carbocycles. The molecule has 0 atom stereocenters. The van der Waals surface area contributed by atoms with Gasteiger partial charge < -0.3 is 10.1 Å². The van der Waals surface area contributed by atoms with Gasteiger partial charge in [0.25, 0.3) is 0 Å². The maximum Gasteiger partial charge on any atom is 0.407 e. The van der Waals surface area contributed by atoms with Gasteiger partial charge in [-0.05, 0) is 69.0 Å². The third-order valence-electron chi connectivity index (χ3n) is 3.76. The first-order valence-corrected chi connectivity index (χ1v) is 9.63. The van der Waals surface area contributed by atoms with Crippen LogP contribution in [0, 0.1) is 3.57 Å². The Labute approximate surface area is 152 Å². The summed E-state index contributed by atoms with van der Waals surface area (Å²) in [6.07, 6.45) is 8.71. The molecule has 1 N–H and O–H groups in total. The van der Waals surface area contributed by atoms with Crippen molar-refractivity contribution in [3.8, 4) is 0 Å². The first-order chi connectivity index (χ1) is 10.9. The van der Waals surface area contributed by atoms with E-state index in [1.54, 1.807) is 0 Å². The molecule has 1 saturated carbocycles. The van der Waals surface area contributed by atoms with Gasteiger partial charge in [0.1, 0.15) is 5.60 Å². The lowest BCUT2D eigenvalue weighted by Gasteiger charge is -2.19. The van der Waals surface area contributed by atoms with Crippen LogP contribution in [0.25, 0.3) is 0 Å². The molecular formula is C17H28IN3O2. The van der Waals surface area contributed by atoms with Crippen molar-refractivity contribution in [3.05, 3.63) is 15.5 Å². The second kappa shape index (κ2) is 8.35. The van der Waals surface area contributed by atoms with Crippen LogP contribution < -0.4 is 5.32 Å². The van der Waals surface area contributed by atoms with Crippen LogP contribution in [-0.2, 0) is 11.3 Å². The van der Waals surface area contributed by atoms with E-state index in [-0.39, 0.29) is 6.09 Å². The van der Waals surface area contributed by atoms with Gasteiger partial charge in [0.15, 0.2) is 0 Å². The summed E-state index contributed by atoms with van der Waals surface area (Å²) in [5.74, 6) is 0.752.